The Bertz CT molecular complexity index is 1320. The smallest absolute Gasteiger partial charge is 0.329 e. The monoisotopic (exact) mass is 477 g/mol. The minimum absolute atomic E-state index is 0.161. The summed E-state index contributed by atoms with van der Waals surface area (Å²) in [6, 6.07) is 16.2. The number of nitrogens with one attached hydrogen (secondary N) is 2. The molecule has 0 saturated heterocycles. The quantitative estimate of drug-likeness (QED) is 0.224. The standard InChI is InChI=1S/C23H19N5O7/c1-14-3-7-17(8-4-14)24-22(29)23(30)26-25-15(2)16-5-10-19(11-6-16)35-21-12-9-18(27(31)32)13-20(21)28(33)34/h3-13H,1-2H3,(H,24,29)(H,26,30)/b25-15+. The van der Waals surface area contributed by atoms with Crippen LogP contribution in [0.2, 0.25) is 0 Å². The molecule has 3 aromatic carbocycles. The number of carbonyl (C=O) groups excluding carboxylic acids is 2. The van der Waals surface area contributed by atoms with E-state index in [0.29, 0.717) is 17.0 Å². The van der Waals surface area contributed by atoms with Crippen molar-refractivity contribution in [2.75, 3.05) is 5.32 Å². The Labute approximate surface area is 198 Å². The minimum atomic E-state index is -0.949. The normalized spacial score (nSPS) is 10.9. The van der Waals surface area contributed by atoms with E-state index in [1.807, 2.05) is 6.92 Å². The molecular formula is C23H19N5O7. The summed E-state index contributed by atoms with van der Waals surface area (Å²) in [5.74, 6) is -1.75. The Morgan fingerprint density at radius 1 is 0.886 bits per heavy atom. The van der Waals surface area contributed by atoms with Crippen LogP contribution in [-0.2, 0) is 9.59 Å². The fraction of sp³-hybridized carbons (Fsp3) is 0.0870. The second-order valence-electron chi connectivity index (χ2n) is 7.25. The number of ether oxygens (including phenoxy) is 1. The first-order chi connectivity index (χ1) is 16.6. The van der Waals surface area contributed by atoms with E-state index in [1.54, 1.807) is 43.3 Å². The first kappa shape index (κ1) is 24.5. The number of non-ortho nitro benzene ring substituents is 1. The van der Waals surface area contributed by atoms with Gasteiger partial charge in [0.15, 0.2) is 0 Å². The molecule has 3 rings (SSSR count). The third-order valence-corrected chi connectivity index (χ3v) is 4.69. The zero-order valence-electron chi connectivity index (χ0n) is 18.6. The second kappa shape index (κ2) is 10.7. The lowest BCUT2D eigenvalue weighted by atomic mass is 10.1. The van der Waals surface area contributed by atoms with Crippen LogP contribution in [0.4, 0.5) is 17.1 Å². The summed E-state index contributed by atoms with van der Waals surface area (Å²) in [6.45, 7) is 3.50. The number of nitro groups is 2. The van der Waals surface area contributed by atoms with Gasteiger partial charge in [-0.2, -0.15) is 5.10 Å². The van der Waals surface area contributed by atoms with Crippen molar-refractivity contribution in [3.05, 3.63) is 98.1 Å². The van der Waals surface area contributed by atoms with E-state index in [0.717, 1.165) is 23.8 Å². The average molecular weight is 477 g/mol. The van der Waals surface area contributed by atoms with Crippen LogP contribution in [0.5, 0.6) is 11.5 Å². The number of nitrogens with zero attached hydrogens (tertiary/aromatic N) is 3. The van der Waals surface area contributed by atoms with Crippen LogP contribution in [0.1, 0.15) is 18.1 Å². The summed E-state index contributed by atoms with van der Waals surface area (Å²) in [7, 11) is 0. The molecule has 0 aromatic heterocycles. The number of aryl methyl sites for hydroxylation is 1. The maximum Gasteiger partial charge on any atom is 0.329 e. The van der Waals surface area contributed by atoms with Gasteiger partial charge in [0.25, 0.3) is 5.69 Å². The van der Waals surface area contributed by atoms with Crippen molar-refractivity contribution in [3.8, 4) is 11.5 Å². The van der Waals surface area contributed by atoms with Gasteiger partial charge in [-0.1, -0.05) is 17.7 Å². The Morgan fingerprint density at radius 2 is 1.54 bits per heavy atom. The van der Waals surface area contributed by atoms with Gasteiger partial charge < -0.3 is 10.1 Å². The van der Waals surface area contributed by atoms with E-state index in [9.17, 15) is 29.8 Å². The van der Waals surface area contributed by atoms with E-state index in [2.05, 4.69) is 15.8 Å². The number of hydrazone groups is 1. The molecule has 0 heterocycles. The molecule has 2 N–H and O–H groups in total. The molecule has 0 radical (unpaired) electrons. The molecule has 0 bridgehead atoms. The Kier molecular flexibility index (Phi) is 7.46. The summed E-state index contributed by atoms with van der Waals surface area (Å²) in [5.41, 5.74) is 3.64. The number of anilines is 1. The fourth-order valence-electron chi connectivity index (χ4n) is 2.81. The van der Waals surface area contributed by atoms with Gasteiger partial charge in [0.2, 0.25) is 5.75 Å². The van der Waals surface area contributed by atoms with Crippen LogP contribution in [-0.4, -0.2) is 27.4 Å². The van der Waals surface area contributed by atoms with Crippen molar-refractivity contribution < 1.29 is 24.2 Å². The molecule has 0 aliphatic carbocycles. The van der Waals surface area contributed by atoms with Gasteiger partial charge >= 0.3 is 17.5 Å². The topological polar surface area (TPSA) is 166 Å². The van der Waals surface area contributed by atoms with Crippen LogP contribution >= 0.6 is 0 Å². The fourth-order valence-corrected chi connectivity index (χ4v) is 2.81. The highest BCUT2D eigenvalue weighted by Crippen LogP contribution is 2.34. The van der Waals surface area contributed by atoms with E-state index in [-0.39, 0.29) is 11.5 Å². The van der Waals surface area contributed by atoms with Crippen molar-refractivity contribution in [2.24, 2.45) is 5.10 Å². The van der Waals surface area contributed by atoms with Crippen molar-refractivity contribution in [1.29, 1.82) is 0 Å². The number of amides is 2. The molecule has 0 spiro atoms. The molecule has 0 aliphatic rings. The summed E-state index contributed by atoms with van der Waals surface area (Å²) >= 11 is 0. The van der Waals surface area contributed by atoms with E-state index in [1.165, 1.54) is 12.1 Å². The van der Waals surface area contributed by atoms with Gasteiger partial charge in [0.1, 0.15) is 5.75 Å². The molecule has 0 aliphatic heterocycles. The third kappa shape index (κ3) is 6.44. The lowest BCUT2D eigenvalue weighted by Crippen LogP contribution is -2.32. The van der Waals surface area contributed by atoms with Crippen LogP contribution in [0.25, 0.3) is 0 Å². The first-order valence-electron chi connectivity index (χ1n) is 10.1. The maximum atomic E-state index is 12.0. The minimum Gasteiger partial charge on any atom is -0.450 e. The lowest BCUT2D eigenvalue weighted by Gasteiger charge is -2.08. The molecule has 0 saturated carbocycles. The van der Waals surface area contributed by atoms with Crippen LogP contribution < -0.4 is 15.5 Å². The van der Waals surface area contributed by atoms with E-state index in [4.69, 9.17) is 4.74 Å². The zero-order chi connectivity index (χ0) is 25.5. The van der Waals surface area contributed by atoms with Crippen LogP contribution in [0, 0.1) is 27.2 Å². The second-order valence-corrected chi connectivity index (χ2v) is 7.25. The SMILES string of the molecule is C/C(=N\NC(=O)C(=O)Nc1ccc(C)cc1)c1ccc(Oc2ccc([N+](=O)[O-])cc2[N+](=O)[O-])cc1. The van der Waals surface area contributed by atoms with Crippen molar-refractivity contribution >= 4 is 34.6 Å². The largest absolute Gasteiger partial charge is 0.450 e. The molecular weight excluding hydrogens is 458 g/mol. The molecule has 35 heavy (non-hydrogen) atoms. The van der Waals surface area contributed by atoms with Gasteiger partial charge in [-0.3, -0.25) is 29.8 Å². The van der Waals surface area contributed by atoms with Gasteiger partial charge in [-0.05, 0) is 61.9 Å². The highest BCUT2D eigenvalue weighted by atomic mass is 16.6. The number of rotatable bonds is 7. The van der Waals surface area contributed by atoms with E-state index >= 15 is 0 Å². The summed E-state index contributed by atoms with van der Waals surface area (Å²) in [4.78, 5) is 44.6. The number of hydrogen-bond donors (Lipinski definition) is 2. The molecule has 0 unspecified atom stereocenters. The van der Waals surface area contributed by atoms with Crippen LogP contribution in [0.15, 0.2) is 71.8 Å². The van der Waals surface area contributed by atoms with Gasteiger partial charge in [-0.25, -0.2) is 5.43 Å². The Balaban J connectivity index is 1.64. The number of nitro benzene ring substituents is 2. The molecule has 3 aromatic rings. The van der Waals surface area contributed by atoms with Gasteiger partial charge in [-0.15, -0.1) is 0 Å². The molecule has 0 fully saturated rings. The van der Waals surface area contributed by atoms with E-state index < -0.39 is 33.0 Å². The third-order valence-electron chi connectivity index (χ3n) is 4.69. The molecule has 12 heteroatoms. The number of carbonyl (C=O) groups is 2. The molecule has 178 valence electrons. The van der Waals surface area contributed by atoms with Crippen molar-refractivity contribution in [2.45, 2.75) is 13.8 Å². The molecule has 12 nitrogen and oxygen atoms in total. The van der Waals surface area contributed by atoms with Gasteiger partial charge in [0, 0.05) is 11.8 Å². The number of hydrogen-bond acceptors (Lipinski definition) is 8. The lowest BCUT2D eigenvalue weighted by molar-refractivity contribution is -0.394. The zero-order valence-corrected chi connectivity index (χ0v) is 18.6. The highest BCUT2D eigenvalue weighted by molar-refractivity contribution is 6.39. The first-order valence-corrected chi connectivity index (χ1v) is 10.1. The summed E-state index contributed by atoms with van der Waals surface area (Å²) in [5, 5.41) is 28.5. The maximum absolute atomic E-state index is 12.0. The predicted molar refractivity (Wildman–Crippen MR) is 126 cm³/mol. The van der Waals surface area contributed by atoms with Gasteiger partial charge in [0.05, 0.1) is 21.6 Å². The summed E-state index contributed by atoms with van der Waals surface area (Å²) in [6.07, 6.45) is 0. The van der Waals surface area contributed by atoms with Crippen molar-refractivity contribution in [3.63, 3.8) is 0 Å². The Hall–Kier alpha value is -5.13. The summed E-state index contributed by atoms with van der Waals surface area (Å²) < 4.78 is 5.51. The van der Waals surface area contributed by atoms with Crippen LogP contribution in [0.3, 0.4) is 0 Å². The average Bonchev–Trinajstić information content (AvgIpc) is 2.84. The predicted octanol–water partition coefficient (Wildman–Crippen LogP) is 4.08. The number of benzene rings is 3. The highest BCUT2D eigenvalue weighted by Gasteiger charge is 2.21. The molecule has 2 amide bonds. The Morgan fingerprint density at radius 3 is 2.14 bits per heavy atom. The van der Waals surface area contributed by atoms with Crippen molar-refractivity contribution in [1.82, 2.24) is 5.43 Å². The molecule has 0 atom stereocenters.